The fraction of sp³-hybridized carbons (Fsp3) is 0.333. The number of halogens is 1. The van der Waals surface area contributed by atoms with Crippen molar-refractivity contribution in [2.24, 2.45) is 0 Å². The van der Waals surface area contributed by atoms with E-state index in [0.29, 0.717) is 12.8 Å². The normalized spacial score (nSPS) is 14.4. The lowest BCUT2D eigenvalue weighted by Gasteiger charge is -2.17. The van der Waals surface area contributed by atoms with Gasteiger partial charge in [-0.1, -0.05) is 58.7 Å². The van der Waals surface area contributed by atoms with E-state index < -0.39 is 0 Å². The predicted molar refractivity (Wildman–Crippen MR) is 109 cm³/mol. The summed E-state index contributed by atoms with van der Waals surface area (Å²) in [7, 11) is 0. The van der Waals surface area contributed by atoms with Crippen LogP contribution in [0.25, 0.3) is 0 Å². The molecule has 0 aliphatic carbocycles. The Kier molecular flexibility index (Phi) is 6.45. The zero-order valence-corrected chi connectivity index (χ0v) is 16.3. The first-order valence-corrected chi connectivity index (χ1v) is 10.1. The van der Waals surface area contributed by atoms with Crippen molar-refractivity contribution in [1.29, 1.82) is 0 Å². The summed E-state index contributed by atoms with van der Waals surface area (Å²) in [6, 6.07) is 15.8. The van der Waals surface area contributed by atoms with Gasteiger partial charge in [-0.3, -0.25) is 9.59 Å². The quantitative estimate of drug-likeness (QED) is 0.584. The van der Waals surface area contributed by atoms with Gasteiger partial charge in [0.05, 0.1) is 12.8 Å². The second-order valence-electron chi connectivity index (χ2n) is 6.48. The van der Waals surface area contributed by atoms with Crippen molar-refractivity contribution >= 4 is 39.1 Å². The van der Waals surface area contributed by atoms with Gasteiger partial charge in [-0.15, -0.1) is 0 Å². The van der Waals surface area contributed by atoms with Gasteiger partial charge in [0, 0.05) is 23.2 Å². The van der Waals surface area contributed by atoms with Crippen molar-refractivity contribution in [3.05, 3.63) is 59.7 Å². The van der Waals surface area contributed by atoms with Crippen LogP contribution in [0.1, 0.15) is 30.4 Å². The second-order valence-corrected chi connectivity index (χ2v) is 7.28. The molecule has 136 valence electrons. The summed E-state index contributed by atoms with van der Waals surface area (Å²) in [6.45, 7) is 0.864. The van der Waals surface area contributed by atoms with E-state index in [9.17, 15) is 9.59 Å². The highest BCUT2D eigenvalue weighted by atomic mass is 79.9. The third-order valence-electron chi connectivity index (χ3n) is 4.58. The third-order valence-corrected chi connectivity index (χ3v) is 5.14. The Balaban J connectivity index is 0.000000167. The average molecular weight is 415 g/mol. The van der Waals surface area contributed by atoms with Crippen molar-refractivity contribution in [2.75, 3.05) is 22.1 Å². The lowest BCUT2D eigenvalue weighted by atomic mass is 10.2. The molecule has 0 spiro atoms. The van der Waals surface area contributed by atoms with Crippen LogP contribution in [0.4, 0.5) is 11.4 Å². The molecular weight excluding hydrogens is 392 g/mol. The predicted octanol–water partition coefficient (Wildman–Crippen LogP) is 4.32. The molecule has 2 aliphatic heterocycles. The molecule has 0 radical (unpaired) electrons. The Labute approximate surface area is 162 Å². The molecule has 0 bridgehead atoms. The van der Waals surface area contributed by atoms with Crippen LogP contribution in [-0.2, 0) is 22.4 Å². The fourth-order valence-electron chi connectivity index (χ4n) is 3.27. The van der Waals surface area contributed by atoms with Crippen LogP contribution < -0.4 is 10.2 Å². The summed E-state index contributed by atoms with van der Waals surface area (Å²) in [4.78, 5) is 24.5. The molecule has 4 rings (SSSR count). The smallest absolute Gasteiger partial charge is 0.231 e. The topological polar surface area (TPSA) is 49.4 Å². The van der Waals surface area contributed by atoms with Crippen LogP contribution in [-0.4, -0.2) is 23.7 Å². The maximum atomic E-state index is 11.8. The van der Waals surface area contributed by atoms with Crippen LogP contribution in [0, 0.1) is 0 Å². The molecule has 0 saturated heterocycles. The average Bonchev–Trinajstić information content (AvgIpc) is 3.17. The molecule has 2 aromatic carbocycles. The van der Waals surface area contributed by atoms with E-state index in [1.165, 1.54) is 18.4 Å². The van der Waals surface area contributed by atoms with E-state index in [0.717, 1.165) is 35.2 Å². The number of nitrogens with zero attached hydrogens (tertiary/aromatic N) is 1. The van der Waals surface area contributed by atoms with Crippen LogP contribution >= 0.6 is 15.9 Å². The number of hydrogen-bond acceptors (Lipinski definition) is 2. The Morgan fingerprint density at radius 2 is 1.62 bits per heavy atom. The molecule has 4 nitrogen and oxygen atoms in total. The fourth-order valence-corrected chi connectivity index (χ4v) is 3.66. The van der Waals surface area contributed by atoms with Gasteiger partial charge in [0.15, 0.2) is 0 Å². The standard InChI is InChI=1S/C13H16BrNO.C8H7NO/c14-8-4-1-5-9-15-12-7-3-2-6-11(12)10-13(15)16;10-8-5-6-3-1-2-4-7(6)9-8/h2-3,6-7H,1,4-5,8-10H2;1-4H,5H2,(H,9,10). The molecule has 0 saturated carbocycles. The summed E-state index contributed by atoms with van der Waals surface area (Å²) in [5, 5.41) is 3.81. The minimum Gasteiger partial charge on any atom is -0.326 e. The number of para-hydroxylation sites is 2. The highest BCUT2D eigenvalue weighted by Crippen LogP contribution is 2.28. The van der Waals surface area contributed by atoms with Gasteiger partial charge >= 0.3 is 0 Å². The number of unbranched alkanes of at least 4 members (excludes halogenated alkanes) is 2. The maximum absolute atomic E-state index is 11.8. The van der Waals surface area contributed by atoms with Gasteiger partial charge in [-0.25, -0.2) is 0 Å². The van der Waals surface area contributed by atoms with Crippen molar-refractivity contribution < 1.29 is 9.59 Å². The Morgan fingerprint density at radius 3 is 2.38 bits per heavy atom. The number of amides is 2. The monoisotopic (exact) mass is 414 g/mol. The van der Waals surface area contributed by atoms with Gasteiger partial charge < -0.3 is 10.2 Å². The first-order chi connectivity index (χ1) is 12.7. The number of benzene rings is 2. The van der Waals surface area contributed by atoms with Crippen LogP contribution in [0.3, 0.4) is 0 Å². The lowest BCUT2D eigenvalue weighted by Crippen LogP contribution is -2.27. The zero-order valence-electron chi connectivity index (χ0n) is 14.7. The van der Waals surface area contributed by atoms with Gasteiger partial charge in [0.25, 0.3) is 0 Å². The number of anilines is 2. The van der Waals surface area contributed by atoms with Gasteiger partial charge in [0.2, 0.25) is 11.8 Å². The number of nitrogens with one attached hydrogen (secondary N) is 1. The first-order valence-electron chi connectivity index (χ1n) is 9.01. The molecule has 0 aromatic heterocycles. The molecule has 0 fully saturated rings. The highest BCUT2D eigenvalue weighted by Gasteiger charge is 2.25. The van der Waals surface area contributed by atoms with Crippen LogP contribution in [0.15, 0.2) is 48.5 Å². The third kappa shape index (κ3) is 4.52. The van der Waals surface area contributed by atoms with E-state index in [-0.39, 0.29) is 11.8 Å². The molecule has 5 heteroatoms. The number of carbonyl (C=O) groups excluding carboxylic acids is 2. The van der Waals surface area contributed by atoms with Crippen molar-refractivity contribution in [3.8, 4) is 0 Å². The molecule has 2 heterocycles. The number of fused-ring (bicyclic) bond motifs is 2. The van der Waals surface area contributed by atoms with E-state index in [2.05, 4.69) is 21.2 Å². The summed E-state index contributed by atoms with van der Waals surface area (Å²) in [5.41, 5.74) is 4.36. The number of alkyl halides is 1. The lowest BCUT2D eigenvalue weighted by molar-refractivity contribution is -0.117. The summed E-state index contributed by atoms with van der Waals surface area (Å²) in [6.07, 6.45) is 4.57. The van der Waals surface area contributed by atoms with Crippen molar-refractivity contribution in [1.82, 2.24) is 0 Å². The minimum absolute atomic E-state index is 0.0983. The van der Waals surface area contributed by atoms with Crippen LogP contribution in [0.2, 0.25) is 0 Å². The molecule has 1 N–H and O–H groups in total. The van der Waals surface area contributed by atoms with E-state index in [1.807, 2.05) is 53.4 Å². The van der Waals surface area contributed by atoms with Gasteiger partial charge in [-0.2, -0.15) is 0 Å². The SMILES string of the molecule is O=C1Cc2ccccc2N1.O=C1Cc2ccccc2N1CCCCCBr. The molecule has 26 heavy (non-hydrogen) atoms. The minimum atomic E-state index is 0.0983. The van der Waals surface area contributed by atoms with Crippen LogP contribution in [0.5, 0.6) is 0 Å². The Bertz CT molecular complexity index is 764. The van der Waals surface area contributed by atoms with Crippen molar-refractivity contribution in [3.63, 3.8) is 0 Å². The van der Waals surface area contributed by atoms with Gasteiger partial charge in [-0.05, 0) is 36.1 Å². The van der Waals surface area contributed by atoms with Gasteiger partial charge in [0.1, 0.15) is 0 Å². The molecular formula is C21H23BrN2O2. The Morgan fingerprint density at radius 1 is 0.885 bits per heavy atom. The molecule has 0 unspecified atom stereocenters. The molecule has 2 aliphatic rings. The van der Waals surface area contributed by atoms with E-state index in [4.69, 9.17) is 0 Å². The number of carbonyl (C=O) groups is 2. The number of hydrogen-bond donors (Lipinski definition) is 1. The van der Waals surface area contributed by atoms with E-state index >= 15 is 0 Å². The second kappa shape index (κ2) is 8.99. The zero-order chi connectivity index (χ0) is 18.4. The van der Waals surface area contributed by atoms with Crippen molar-refractivity contribution in [2.45, 2.75) is 32.1 Å². The van der Waals surface area contributed by atoms with E-state index in [1.54, 1.807) is 0 Å². The summed E-state index contributed by atoms with van der Waals surface area (Å²) < 4.78 is 0. The Hall–Kier alpha value is -2.14. The summed E-state index contributed by atoms with van der Waals surface area (Å²) >= 11 is 3.42. The maximum Gasteiger partial charge on any atom is 0.231 e. The largest absolute Gasteiger partial charge is 0.326 e. The molecule has 2 amide bonds. The number of rotatable bonds is 5. The molecule has 0 atom stereocenters. The highest BCUT2D eigenvalue weighted by molar-refractivity contribution is 9.09. The molecule has 2 aromatic rings. The summed E-state index contributed by atoms with van der Waals surface area (Å²) in [5.74, 6) is 0.348. The first kappa shape index (κ1) is 18.6.